The summed E-state index contributed by atoms with van der Waals surface area (Å²) < 4.78 is 88.2. The predicted molar refractivity (Wildman–Crippen MR) is 65.7 cm³/mol. The van der Waals surface area contributed by atoms with Gasteiger partial charge in [-0.05, 0) is 6.92 Å². The molecule has 128 valence electrons. The third kappa shape index (κ3) is 3.88. The standard InChI is InChI=1S/C6H14O12S3/c1-5(8,2-3-7)4(19(10,11)12)6(9,20(13,14)15)21(16,17)18/h4,7-9H,2-3H2,1H3,(H,10,11,12)(H,13,14,15)(H,16,17,18). The van der Waals surface area contributed by atoms with E-state index in [1.165, 1.54) is 0 Å². The van der Waals surface area contributed by atoms with Crippen molar-refractivity contribution in [3.05, 3.63) is 0 Å². The normalized spacial score (nSPS) is 19.0. The van der Waals surface area contributed by atoms with Crippen LogP contribution in [0.5, 0.6) is 0 Å². The van der Waals surface area contributed by atoms with Gasteiger partial charge in [0.25, 0.3) is 10.1 Å². The number of aliphatic hydroxyl groups is 3. The zero-order chi connectivity index (χ0) is 17.5. The van der Waals surface area contributed by atoms with Crippen molar-refractivity contribution < 1.29 is 54.2 Å². The lowest BCUT2D eigenvalue weighted by Crippen LogP contribution is -2.65. The molecule has 0 spiro atoms. The lowest BCUT2D eigenvalue weighted by Gasteiger charge is -2.37. The van der Waals surface area contributed by atoms with E-state index in [1.54, 1.807) is 0 Å². The average molecular weight is 374 g/mol. The van der Waals surface area contributed by atoms with E-state index < -0.39 is 58.5 Å². The molecule has 6 N–H and O–H groups in total. The molecule has 2 atom stereocenters. The van der Waals surface area contributed by atoms with Crippen molar-refractivity contribution in [2.45, 2.75) is 28.5 Å². The molecule has 0 aliphatic heterocycles. The van der Waals surface area contributed by atoms with Gasteiger partial charge in [-0.3, -0.25) is 13.7 Å². The highest BCUT2D eigenvalue weighted by molar-refractivity contribution is 8.06. The van der Waals surface area contributed by atoms with Gasteiger partial charge in [-0.25, -0.2) is 0 Å². The molecule has 0 aliphatic rings. The summed E-state index contributed by atoms with van der Waals surface area (Å²) in [6.45, 7) is -0.574. The second kappa shape index (κ2) is 5.67. The zero-order valence-electron chi connectivity index (χ0n) is 10.3. The molecule has 12 nitrogen and oxygen atoms in total. The quantitative estimate of drug-likeness (QED) is 0.242. The van der Waals surface area contributed by atoms with E-state index >= 15 is 0 Å². The predicted octanol–water partition coefficient (Wildman–Crippen LogP) is -3.20. The number of rotatable bonds is 7. The third-order valence-electron chi connectivity index (χ3n) is 2.55. The number of aliphatic hydroxyl groups excluding tert-OH is 1. The molecule has 0 rings (SSSR count). The molecule has 0 amide bonds. The Morgan fingerprint density at radius 3 is 1.43 bits per heavy atom. The first-order valence-electron chi connectivity index (χ1n) is 4.89. The first kappa shape index (κ1) is 20.6. The monoisotopic (exact) mass is 374 g/mol. The van der Waals surface area contributed by atoms with Crippen molar-refractivity contribution in [2.24, 2.45) is 0 Å². The Kier molecular flexibility index (Phi) is 5.56. The summed E-state index contributed by atoms with van der Waals surface area (Å²) in [5.41, 5.74) is -3.07. The minimum atomic E-state index is -6.27. The van der Waals surface area contributed by atoms with E-state index in [-0.39, 0.29) is 0 Å². The van der Waals surface area contributed by atoms with Gasteiger partial charge in [-0.2, -0.15) is 25.3 Å². The molecule has 0 aromatic rings. The molecule has 0 saturated carbocycles. The molecular weight excluding hydrogens is 360 g/mol. The van der Waals surface area contributed by atoms with Gasteiger partial charge < -0.3 is 15.3 Å². The number of hydrogen-bond acceptors (Lipinski definition) is 9. The maximum absolute atomic E-state index is 11.2. The second-order valence-electron chi connectivity index (χ2n) is 4.31. The average Bonchev–Trinajstić information content (AvgIpc) is 2.10. The van der Waals surface area contributed by atoms with Gasteiger partial charge >= 0.3 is 24.5 Å². The summed E-state index contributed by atoms with van der Waals surface area (Å²) in [5.74, 6) is 0. The Bertz CT molecular complexity index is 651. The van der Waals surface area contributed by atoms with Crippen LogP contribution in [0.15, 0.2) is 0 Å². The lowest BCUT2D eigenvalue weighted by molar-refractivity contribution is -0.00716. The van der Waals surface area contributed by atoms with Gasteiger partial charge in [0.2, 0.25) is 0 Å². The summed E-state index contributed by atoms with van der Waals surface area (Å²) in [5, 5.41) is 24.5. The molecule has 0 heterocycles. The van der Waals surface area contributed by atoms with Gasteiger partial charge in [-0.15, -0.1) is 0 Å². The molecule has 2 unspecified atom stereocenters. The van der Waals surface area contributed by atoms with Crippen LogP contribution in [0.25, 0.3) is 0 Å². The van der Waals surface area contributed by atoms with Gasteiger partial charge in [0, 0.05) is 13.0 Å². The fraction of sp³-hybridized carbons (Fsp3) is 1.00. The molecular formula is C6H14O12S3. The van der Waals surface area contributed by atoms with Crippen LogP contribution in [-0.2, 0) is 30.4 Å². The van der Waals surface area contributed by atoms with Gasteiger partial charge in [-0.1, -0.05) is 0 Å². The molecule has 0 aliphatic carbocycles. The minimum Gasteiger partial charge on any atom is -0.396 e. The largest absolute Gasteiger partial charge is 0.396 e. The fourth-order valence-electron chi connectivity index (χ4n) is 1.66. The Balaban J connectivity index is 6.82. The molecule has 0 bridgehead atoms. The first-order valence-corrected chi connectivity index (χ1v) is 9.27. The van der Waals surface area contributed by atoms with Crippen molar-refractivity contribution >= 4 is 30.4 Å². The fourth-order valence-corrected chi connectivity index (χ4v) is 6.37. The number of hydrogen-bond donors (Lipinski definition) is 6. The van der Waals surface area contributed by atoms with Gasteiger partial charge in [0.05, 0.1) is 5.60 Å². The van der Waals surface area contributed by atoms with Gasteiger partial charge in [0.1, 0.15) is 0 Å². The van der Waals surface area contributed by atoms with Crippen molar-refractivity contribution in [3.63, 3.8) is 0 Å². The maximum Gasteiger partial charge on any atom is 0.340 e. The van der Waals surface area contributed by atoms with Crippen LogP contribution in [0, 0.1) is 0 Å². The molecule has 0 radical (unpaired) electrons. The van der Waals surface area contributed by atoms with Crippen LogP contribution < -0.4 is 0 Å². The smallest absolute Gasteiger partial charge is 0.340 e. The van der Waals surface area contributed by atoms with E-state index in [1.807, 2.05) is 0 Å². The van der Waals surface area contributed by atoms with E-state index in [2.05, 4.69) is 0 Å². The molecule has 0 fully saturated rings. The van der Waals surface area contributed by atoms with Crippen molar-refractivity contribution in [2.75, 3.05) is 6.61 Å². The Morgan fingerprint density at radius 2 is 1.24 bits per heavy atom. The molecule has 0 aromatic heterocycles. The lowest BCUT2D eigenvalue weighted by atomic mass is 9.98. The van der Waals surface area contributed by atoms with E-state index in [4.69, 9.17) is 18.8 Å². The minimum absolute atomic E-state index is 0.447. The van der Waals surface area contributed by atoms with E-state index in [0.717, 1.165) is 0 Å². The van der Waals surface area contributed by atoms with Crippen molar-refractivity contribution in [1.82, 2.24) is 0 Å². The summed E-state index contributed by atoms with van der Waals surface area (Å²) >= 11 is 0. The Morgan fingerprint density at radius 1 is 0.905 bits per heavy atom. The van der Waals surface area contributed by atoms with Crippen LogP contribution >= 0.6 is 0 Å². The van der Waals surface area contributed by atoms with Crippen LogP contribution in [0.4, 0.5) is 0 Å². The topological polar surface area (TPSA) is 224 Å². The molecule has 0 aromatic carbocycles. The summed E-state index contributed by atoms with van der Waals surface area (Å²) in [6, 6.07) is 0. The summed E-state index contributed by atoms with van der Waals surface area (Å²) in [7, 11) is -18.4. The van der Waals surface area contributed by atoms with Crippen molar-refractivity contribution in [1.29, 1.82) is 0 Å². The van der Waals surface area contributed by atoms with E-state index in [0.29, 0.717) is 6.92 Å². The van der Waals surface area contributed by atoms with Crippen LogP contribution in [0.2, 0.25) is 0 Å². The van der Waals surface area contributed by atoms with Crippen LogP contribution in [0.3, 0.4) is 0 Å². The van der Waals surface area contributed by atoms with Crippen LogP contribution in [0.1, 0.15) is 13.3 Å². The van der Waals surface area contributed by atoms with Crippen molar-refractivity contribution in [3.8, 4) is 0 Å². The Labute approximate surface area is 120 Å². The highest BCUT2D eigenvalue weighted by Gasteiger charge is 2.69. The van der Waals surface area contributed by atoms with Gasteiger partial charge in [0.15, 0.2) is 5.25 Å². The molecule has 0 saturated heterocycles. The molecule has 15 heteroatoms. The zero-order valence-corrected chi connectivity index (χ0v) is 12.8. The Hall–Kier alpha value is -0.390. The SMILES string of the molecule is CC(O)(CCO)C(C(O)(S(=O)(=O)O)S(=O)(=O)O)S(=O)(=O)O. The maximum atomic E-state index is 11.2. The van der Waals surface area contributed by atoms with Crippen LogP contribution in [-0.4, -0.2) is 76.0 Å². The highest BCUT2D eigenvalue weighted by Crippen LogP contribution is 2.36. The van der Waals surface area contributed by atoms with E-state index in [9.17, 15) is 35.5 Å². The summed E-state index contributed by atoms with van der Waals surface area (Å²) in [6.07, 6.45) is -1.04. The third-order valence-corrected chi connectivity index (χ3v) is 7.51. The second-order valence-corrected chi connectivity index (χ2v) is 9.21. The molecule has 21 heavy (non-hydrogen) atoms. The highest BCUT2D eigenvalue weighted by atomic mass is 32.3. The summed E-state index contributed by atoms with van der Waals surface area (Å²) in [4.78, 5) is 0. The first-order chi connectivity index (χ1) is 8.93.